The van der Waals surface area contributed by atoms with Gasteiger partial charge in [-0.2, -0.15) is 0 Å². The Bertz CT molecular complexity index is 949. The molecule has 0 unspecified atom stereocenters. The second-order valence-electron chi connectivity index (χ2n) is 5.57. The Morgan fingerprint density at radius 3 is 2.52 bits per heavy atom. The molecule has 3 aromatic carbocycles. The maximum absolute atomic E-state index is 5.94. The van der Waals surface area contributed by atoms with E-state index in [-0.39, 0.29) is 0 Å². The standard InChI is InChI=1S/C20H15ClN2/c21-17-10-8-15(9-11-17)19-13-22-20(23-19)12-16-6-3-5-14-4-1-2-7-18(14)16/h1-11,13H,12H2,(H,22,23). The molecule has 2 nitrogen and oxygen atoms in total. The van der Waals surface area contributed by atoms with Crippen molar-refractivity contribution in [2.45, 2.75) is 6.42 Å². The Morgan fingerprint density at radius 2 is 1.65 bits per heavy atom. The van der Waals surface area contributed by atoms with Crippen LogP contribution in [0, 0.1) is 0 Å². The fraction of sp³-hybridized carbons (Fsp3) is 0.0500. The van der Waals surface area contributed by atoms with E-state index in [1.54, 1.807) is 0 Å². The lowest BCUT2D eigenvalue weighted by Crippen LogP contribution is -1.92. The zero-order valence-electron chi connectivity index (χ0n) is 12.5. The summed E-state index contributed by atoms with van der Waals surface area (Å²) in [5, 5.41) is 3.28. The molecule has 1 N–H and O–H groups in total. The minimum absolute atomic E-state index is 0.740. The van der Waals surface area contributed by atoms with Crippen LogP contribution in [0.3, 0.4) is 0 Å². The number of aromatic nitrogens is 2. The van der Waals surface area contributed by atoms with Crippen LogP contribution in [-0.2, 0) is 6.42 Å². The summed E-state index contributed by atoms with van der Waals surface area (Å²) in [6, 6.07) is 22.6. The topological polar surface area (TPSA) is 28.7 Å². The van der Waals surface area contributed by atoms with Gasteiger partial charge in [-0.25, -0.2) is 4.98 Å². The maximum atomic E-state index is 5.94. The Morgan fingerprint density at radius 1 is 0.870 bits per heavy atom. The monoisotopic (exact) mass is 318 g/mol. The molecule has 0 aliphatic heterocycles. The summed E-state index contributed by atoms with van der Waals surface area (Å²) in [4.78, 5) is 7.94. The van der Waals surface area contributed by atoms with Gasteiger partial charge in [0, 0.05) is 11.4 Å². The van der Waals surface area contributed by atoms with Crippen LogP contribution in [-0.4, -0.2) is 9.97 Å². The normalized spacial score (nSPS) is 11.0. The largest absolute Gasteiger partial charge is 0.342 e. The minimum atomic E-state index is 0.740. The smallest absolute Gasteiger partial charge is 0.110 e. The first kappa shape index (κ1) is 14.0. The van der Waals surface area contributed by atoms with Crippen LogP contribution >= 0.6 is 11.6 Å². The van der Waals surface area contributed by atoms with Gasteiger partial charge in [0.2, 0.25) is 0 Å². The third-order valence-electron chi connectivity index (χ3n) is 4.02. The van der Waals surface area contributed by atoms with Crippen molar-refractivity contribution in [1.82, 2.24) is 9.97 Å². The van der Waals surface area contributed by atoms with Crippen molar-refractivity contribution >= 4 is 22.4 Å². The number of rotatable bonds is 3. The summed E-state index contributed by atoms with van der Waals surface area (Å²) in [7, 11) is 0. The third-order valence-corrected chi connectivity index (χ3v) is 4.27. The van der Waals surface area contributed by atoms with E-state index < -0.39 is 0 Å². The molecule has 23 heavy (non-hydrogen) atoms. The van der Waals surface area contributed by atoms with Crippen molar-refractivity contribution in [3.05, 3.63) is 89.3 Å². The van der Waals surface area contributed by atoms with E-state index in [9.17, 15) is 0 Å². The predicted molar refractivity (Wildman–Crippen MR) is 95.8 cm³/mol. The van der Waals surface area contributed by atoms with E-state index in [1.165, 1.54) is 16.3 Å². The lowest BCUT2D eigenvalue weighted by atomic mass is 10.0. The van der Waals surface area contributed by atoms with Gasteiger partial charge in [0.05, 0.1) is 11.9 Å². The lowest BCUT2D eigenvalue weighted by molar-refractivity contribution is 1.04. The van der Waals surface area contributed by atoms with Crippen LogP contribution < -0.4 is 0 Å². The molecule has 1 aromatic heterocycles. The highest BCUT2D eigenvalue weighted by atomic mass is 35.5. The lowest BCUT2D eigenvalue weighted by Gasteiger charge is -2.04. The van der Waals surface area contributed by atoms with Gasteiger partial charge in [0.15, 0.2) is 0 Å². The van der Waals surface area contributed by atoms with Crippen LogP contribution in [0.1, 0.15) is 11.4 Å². The van der Waals surface area contributed by atoms with Crippen molar-refractivity contribution < 1.29 is 0 Å². The summed E-state index contributed by atoms with van der Waals surface area (Å²) in [6.07, 6.45) is 2.67. The van der Waals surface area contributed by atoms with Crippen LogP contribution in [0.4, 0.5) is 0 Å². The Labute approximate surface area is 139 Å². The van der Waals surface area contributed by atoms with Gasteiger partial charge in [0.25, 0.3) is 0 Å². The van der Waals surface area contributed by atoms with Gasteiger partial charge in [-0.15, -0.1) is 0 Å². The van der Waals surface area contributed by atoms with E-state index in [0.717, 1.165) is 28.5 Å². The van der Waals surface area contributed by atoms with Crippen LogP contribution in [0.5, 0.6) is 0 Å². The highest BCUT2D eigenvalue weighted by molar-refractivity contribution is 6.30. The third kappa shape index (κ3) is 2.86. The number of nitrogens with zero attached hydrogens (tertiary/aromatic N) is 1. The molecule has 0 saturated carbocycles. The molecule has 0 amide bonds. The summed E-state index contributed by atoms with van der Waals surface area (Å²) < 4.78 is 0. The van der Waals surface area contributed by atoms with Gasteiger partial charge >= 0.3 is 0 Å². The Hall–Kier alpha value is -2.58. The van der Waals surface area contributed by atoms with E-state index in [1.807, 2.05) is 30.5 Å². The number of halogens is 1. The van der Waals surface area contributed by atoms with E-state index >= 15 is 0 Å². The summed E-state index contributed by atoms with van der Waals surface area (Å²) >= 11 is 5.94. The molecular weight excluding hydrogens is 304 g/mol. The molecule has 0 aliphatic rings. The van der Waals surface area contributed by atoms with Crippen molar-refractivity contribution in [3.63, 3.8) is 0 Å². The van der Waals surface area contributed by atoms with Crippen molar-refractivity contribution in [3.8, 4) is 11.3 Å². The molecule has 0 spiro atoms. The zero-order valence-corrected chi connectivity index (χ0v) is 13.2. The summed E-state index contributed by atoms with van der Waals surface area (Å²) in [6.45, 7) is 0. The van der Waals surface area contributed by atoms with Gasteiger partial charge in [-0.1, -0.05) is 66.2 Å². The first-order chi connectivity index (χ1) is 11.3. The predicted octanol–water partition coefficient (Wildman–Crippen LogP) is 5.47. The number of hydrogen-bond donors (Lipinski definition) is 1. The van der Waals surface area contributed by atoms with Gasteiger partial charge in [0.1, 0.15) is 5.82 Å². The number of fused-ring (bicyclic) bond motifs is 1. The van der Waals surface area contributed by atoms with Crippen molar-refractivity contribution in [2.75, 3.05) is 0 Å². The quantitative estimate of drug-likeness (QED) is 0.533. The minimum Gasteiger partial charge on any atom is -0.342 e. The number of aromatic amines is 1. The van der Waals surface area contributed by atoms with Crippen LogP contribution in [0.15, 0.2) is 72.9 Å². The Kier molecular flexibility index (Phi) is 3.60. The number of benzene rings is 3. The van der Waals surface area contributed by atoms with Gasteiger partial charge < -0.3 is 4.98 Å². The molecule has 0 radical (unpaired) electrons. The first-order valence-corrected chi connectivity index (χ1v) is 7.94. The average Bonchev–Trinajstić information content (AvgIpc) is 3.04. The second kappa shape index (κ2) is 5.90. The summed E-state index contributed by atoms with van der Waals surface area (Å²) in [5.41, 5.74) is 3.38. The highest BCUT2D eigenvalue weighted by Gasteiger charge is 2.06. The second-order valence-corrected chi connectivity index (χ2v) is 6.00. The molecule has 0 aliphatic carbocycles. The fourth-order valence-corrected chi connectivity index (χ4v) is 2.98. The number of imidazole rings is 1. The van der Waals surface area contributed by atoms with Gasteiger partial charge in [-0.3, -0.25) is 0 Å². The zero-order chi connectivity index (χ0) is 15.6. The number of nitrogens with one attached hydrogen (secondary N) is 1. The molecule has 4 rings (SSSR count). The molecule has 112 valence electrons. The van der Waals surface area contributed by atoms with Gasteiger partial charge in [-0.05, 0) is 34.0 Å². The molecule has 0 fully saturated rings. The fourth-order valence-electron chi connectivity index (χ4n) is 2.86. The maximum Gasteiger partial charge on any atom is 0.110 e. The molecule has 1 heterocycles. The molecule has 0 saturated heterocycles. The molecule has 0 bridgehead atoms. The van der Waals surface area contributed by atoms with Crippen LogP contribution in [0.25, 0.3) is 22.0 Å². The molecular formula is C20H15ClN2. The van der Waals surface area contributed by atoms with E-state index in [0.29, 0.717) is 0 Å². The Balaban J connectivity index is 1.66. The van der Waals surface area contributed by atoms with E-state index in [4.69, 9.17) is 11.6 Å². The number of H-pyrrole nitrogens is 1. The van der Waals surface area contributed by atoms with Crippen molar-refractivity contribution in [1.29, 1.82) is 0 Å². The average molecular weight is 319 g/mol. The SMILES string of the molecule is Clc1ccc(-c2cnc(Cc3cccc4ccccc34)[nH]2)cc1. The molecule has 4 aromatic rings. The first-order valence-electron chi connectivity index (χ1n) is 7.56. The number of hydrogen-bond acceptors (Lipinski definition) is 1. The molecule has 0 atom stereocenters. The highest BCUT2D eigenvalue weighted by Crippen LogP contribution is 2.23. The van der Waals surface area contributed by atoms with E-state index in [2.05, 4.69) is 52.4 Å². The summed E-state index contributed by atoms with van der Waals surface area (Å²) in [5.74, 6) is 0.964. The van der Waals surface area contributed by atoms with Crippen LogP contribution in [0.2, 0.25) is 5.02 Å². The molecule has 3 heteroatoms. The van der Waals surface area contributed by atoms with Crippen molar-refractivity contribution in [2.24, 2.45) is 0 Å².